The zero-order chi connectivity index (χ0) is 33.0. The van der Waals surface area contributed by atoms with Gasteiger partial charge >= 0.3 is 0 Å². The summed E-state index contributed by atoms with van der Waals surface area (Å²) in [5.74, 6) is 0. The van der Waals surface area contributed by atoms with Gasteiger partial charge in [0.25, 0.3) is 0 Å². The van der Waals surface area contributed by atoms with Gasteiger partial charge in [0.2, 0.25) is 0 Å². The largest absolute Gasteiger partial charge is 0.456 e. The highest BCUT2D eigenvalue weighted by Crippen LogP contribution is 2.43. The molecule has 234 valence electrons. The molecule has 9 aromatic carbocycles. The van der Waals surface area contributed by atoms with Crippen LogP contribution in [-0.2, 0) is 0 Å². The molecule has 0 N–H and O–H groups in total. The molecule has 1 heterocycles. The highest BCUT2D eigenvalue weighted by atomic mass is 16.3. The maximum atomic E-state index is 6.30. The molecule has 2 heteroatoms. The quantitative estimate of drug-likeness (QED) is 0.175. The van der Waals surface area contributed by atoms with Gasteiger partial charge in [-0.1, -0.05) is 140 Å². The molecule has 0 unspecified atom stereocenters. The lowest BCUT2D eigenvalue weighted by molar-refractivity contribution is 0.669. The summed E-state index contributed by atoms with van der Waals surface area (Å²) in [4.78, 5) is 2.39. The first-order valence-electron chi connectivity index (χ1n) is 17.1. The number of hydrogen-bond acceptors (Lipinski definition) is 2. The molecule has 0 aliphatic rings. The van der Waals surface area contributed by atoms with E-state index < -0.39 is 0 Å². The van der Waals surface area contributed by atoms with Crippen molar-refractivity contribution in [2.75, 3.05) is 4.90 Å². The molecular formula is C48H31NO. The predicted octanol–water partition coefficient (Wildman–Crippen LogP) is 13.8. The van der Waals surface area contributed by atoms with Gasteiger partial charge in [0.15, 0.2) is 0 Å². The predicted molar refractivity (Wildman–Crippen MR) is 212 cm³/mol. The number of anilines is 3. The third-order valence-electron chi connectivity index (χ3n) is 10.0. The van der Waals surface area contributed by atoms with Crippen molar-refractivity contribution in [2.24, 2.45) is 0 Å². The molecular weight excluding hydrogens is 607 g/mol. The molecule has 10 aromatic rings. The topological polar surface area (TPSA) is 16.4 Å². The highest BCUT2D eigenvalue weighted by molar-refractivity contribution is 6.19. The van der Waals surface area contributed by atoms with Crippen LogP contribution in [0.2, 0.25) is 0 Å². The number of para-hydroxylation sites is 1. The van der Waals surface area contributed by atoms with Crippen molar-refractivity contribution in [3.05, 3.63) is 188 Å². The van der Waals surface area contributed by atoms with Crippen molar-refractivity contribution >= 4 is 71.3 Å². The van der Waals surface area contributed by atoms with E-state index in [0.717, 1.165) is 44.7 Å². The van der Waals surface area contributed by atoms with Crippen LogP contribution < -0.4 is 4.90 Å². The van der Waals surface area contributed by atoms with Gasteiger partial charge in [-0.05, 0) is 97.5 Å². The van der Waals surface area contributed by atoms with Crippen molar-refractivity contribution < 1.29 is 4.42 Å². The Labute approximate surface area is 290 Å². The lowest BCUT2D eigenvalue weighted by Gasteiger charge is -2.28. The summed E-state index contributed by atoms with van der Waals surface area (Å²) in [5, 5.41) is 9.74. The first-order chi connectivity index (χ1) is 24.8. The number of hydrogen-bond donors (Lipinski definition) is 0. The lowest BCUT2D eigenvalue weighted by atomic mass is 9.98. The second-order valence-electron chi connectivity index (χ2n) is 12.9. The smallest absolute Gasteiger partial charge is 0.136 e. The van der Waals surface area contributed by atoms with Gasteiger partial charge in [-0.3, -0.25) is 0 Å². The number of benzene rings is 9. The fourth-order valence-electron chi connectivity index (χ4n) is 7.63. The Balaban J connectivity index is 1.12. The summed E-state index contributed by atoms with van der Waals surface area (Å²) < 4.78 is 6.30. The molecule has 0 saturated heterocycles. The number of rotatable bonds is 5. The minimum Gasteiger partial charge on any atom is -0.456 e. The molecule has 0 fully saturated rings. The SMILES string of the molecule is c1ccc(-c2ccccc2N(c2ccc(-c3ccc4oc5ccc6ccccc6c5c4c3)cc2)c2ccc3c(ccc4ccccc43)c2)cc1. The normalized spacial score (nSPS) is 11.6. The monoisotopic (exact) mass is 637 g/mol. The Hall–Kier alpha value is -6.64. The molecule has 10 rings (SSSR count). The molecule has 50 heavy (non-hydrogen) atoms. The van der Waals surface area contributed by atoms with Crippen LogP contribution in [0.3, 0.4) is 0 Å². The number of nitrogens with zero attached hydrogens (tertiary/aromatic N) is 1. The van der Waals surface area contributed by atoms with Gasteiger partial charge < -0.3 is 9.32 Å². The molecule has 0 spiro atoms. The second-order valence-corrected chi connectivity index (χ2v) is 12.9. The summed E-state index contributed by atoms with van der Waals surface area (Å²) in [6, 6.07) is 67.6. The van der Waals surface area contributed by atoms with Crippen molar-refractivity contribution in [1.29, 1.82) is 0 Å². The Morgan fingerprint density at radius 2 is 0.960 bits per heavy atom. The van der Waals surface area contributed by atoms with Crippen LogP contribution >= 0.6 is 0 Å². The Kier molecular flexibility index (Phi) is 6.53. The van der Waals surface area contributed by atoms with Gasteiger partial charge in [-0.2, -0.15) is 0 Å². The van der Waals surface area contributed by atoms with Crippen LogP contribution in [0, 0.1) is 0 Å². The van der Waals surface area contributed by atoms with Crippen LogP contribution in [0.15, 0.2) is 192 Å². The molecule has 0 aliphatic heterocycles. The molecule has 0 radical (unpaired) electrons. The van der Waals surface area contributed by atoms with Crippen LogP contribution in [0.1, 0.15) is 0 Å². The van der Waals surface area contributed by atoms with Gasteiger partial charge in [-0.25, -0.2) is 0 Å². The van der Waals surface area contributed by atoms with Crippen LogP contribution in [0.25, 0.3) is 76.5 Å². The van der Waals surface area contributed by atoms with Crippen molar-refractivity contribution in [1.82, 2.24) is 0 Å². The van der Waals surface area contributed by atoms with Crippen LogP contribution in [-0.4, -0.2) is 0 Å². The fourth-order valence-corrected chi connectivity index (χ4v) is 7.63. The fraction of sp³-hybridized carbons (Fsp3) is 0. The van der Waals surface area contributed by atoms with Crippen LogP contribution in [0.4, 0.5) is 17.1 Å². The second kappa shape index (κ2) is 11.5. The molecule has 0 saturated carbocycles. The van der Waals surface area contributed by atoms with E-state index in [1.807, 2.05) is 0 Å². The van der Waals surface area contributed by atoms with Crippen LogP contribution in [0.5, 0.6) is 0 Å². The van der Waals surface area contributed by atoms with Gasteiger partial charge in [0.1, 0.15) is 11.2 Å². The number of furan rings is 1. The summed E-state index contributed by atoms with van der Waals surface area (Å²) in [5.41, 5.74) is 9.85. The van der Waals surface area contributed by atoms with Gasteiger partial charge in [-0.15, -0.1) is 0 Å². The van der Waals surface area contributed by atoms with E-state index >= 15 is 0 Å². The molecule has 0 aliphatic carbocycles. The maximum Gasteiger partial charge on any atom is 0.136 e. The Bertz CT molecular complexity index is 2870. The minimum absolute atomic E-state index is 0.907. The molecule has 0 amide bonds. The average Bonchev–Trinajstić information content (AvgIpc) is 3.57. The minimum atomic E-state index is 0.907. The van der Waals surface area contributed by atoms with Crippen molar-refractivity contribution in [3.8, 4) is 22.3 Å². The van der Waals surface area contributed by atoms with Crippen molar-refractivity contribution in [2.45, 2.75) is 0 Å². The van der Waals surface area contributed by atoms with E-state index in [4.69, 9.17) is 4.42 Å². The van der Waals surface area contributed by atoms with E-state index in [0.29, 0.717) is 0 Å². The molecule has 0 atom stereocenters. The third kappa shape index (κ3) is 4.65. The average molecular weight is 638 g/mol. The molecule has 0 bridgehead atoms. The van der Waals surface area contributed by atoms with E-state index in [2.05, 4.69) is 193 Å². The third-order valence-corrected chi connectivity index (χ3v) is 10.0. The van der Waals surface area contributed by atoms with E-state index in [-0.39, 0.29) is 0 Å². The summed E-state index contributed by atoms with van der Waals surface area (Å²) >= 11 is 0. The first-order valence-corrected chi connectivity index (χ1v) is 17.1. The molecule has 2 nitrogen and oxygen atoms in total. The summed E-state index contributed by atoms with van der Waals surface area (Å²) in [6.07, 6.45) is 0. The van der Waals surface area contributed by atoms with Crippen molar-refractivity contribution in [3.63, 3.8) is 0 Å². The van der Waals surface area contributed by atoms with Gasteiger partial charge in [0, 0.05) is 27.7 Å². The lowest BCUT2D eigenvalue weighted by Crippen LogP contribution is -2.11. The summed E-state index contributed by atoms with van der Waals surface area (Å²) in [6.45, 7) is 0. The Morgan fingerprint density at radius 3 is 1.82 bits per heavy atom. The number of fused-ring (bicyclic) bond motifs is 8. The zero-order valence-electron chi connectivity index (χ0n) is 27.3. The molecule has 1 aromatic heterocycles. The first kappa shape index (κ1) is 28.4. The summed E-state index contributed by atoms with van der Waals surface area (Å²) in [7, 11) is 0. The highest BCUT2D eigenvalue weighted by Gasteiger charge is 2.18. The Morgan fingerprint density at radius 1 is 0.340 bits per heavy atom. The zero-order valence-corrected chi connectivity index (χ0v) is 27.3. The standard InChI is InChI=1S/C48H31NO/c1-2-10-33(11-3-1)42-15-8-9-17-45(42)49(39-26-27-41-37(30-39)19-18-34-12-4-6-14-40(34)41)38-24-20-32(21-25-38)36-23-28-46-44(31-36)48-43-16-7-5-13-35(43)22-29-47(48)50-46/h1-31H. The maximum absolute atomic E-state index is 6.30. The van der Waals surface area contributed by atoms with E-state index in [1.54, 1.807) is 0 Å². The van der Waals surface area contributed by atoms with E-state index in [9.17, 15) is 0 Å². The van der Waals surface area contributed by atoms with E-state index in [1.165, 1.54) is 48.8 Å². The van der Waals surface area contributed by atoms with Gasteiger partial charge in [0.05, 0.1) is 5.69 Å².